The average molecular weight is 505 g/mol. The summed E-state index contributed by atoms with van der Waals surface area (Å²) in [5, 5.41) is 9.60. The molecular formula is C22H25BrN4O3S. The van der Waals surface area contributed by atoms with Gasteiger partial charge in [0, 0.05) is 39.9 Å². The Bertz CT molecular complexity index is 1020. The number of rotatable bonds is 9. The van der Waals surface area contributed by atoms with Crippen molar-refractivity contribution < 1.29 is 14.7 Å². The fourth-order valence-electron chi connectivity index (χ4n) is 3.35. The van der Waals surface area contributed by atoms with Crippen LogP contribution < -0.4 is 5.73 Å². The van der Waals surface area contributed by atoms with Crippen molar-refractivity contribution in [1.29, 1.82) is 0 Å². The number of benzene rings is 1. The molecule has 3 rings (SSSR count). The number of thioether (sulfide) groups is 1. The zero-order chi connectivity index (χ0) is 22.6. The number of nitrogen functional groups attached to an aromatic ring is 1. The van der Waals surface area contributed by atoms with E-state index in [1.165, 1.54) is 4.90 Å². The minimum atomic E-state index is -0.517. The molecule has 31 heavy (non-hydrogen) atoms. The fraction of sp³-hybridized carbons (Fsp3) is 0.364. The summed E-state index contributed by atoms with van der Waals surface area (Å²) in [6.07, 6.45) is 4.14. The lowest BCUT2D eigenvalue weighted by Crippen LogP contribution is -2.23. The van der Waals surface area contributed by atoms with Crippen molar-refractivity contribution >= 4 is 45.0 Å². The molecule has 164 valence electrons. The topological polar surface area (TPSA) is 109 Å². The predicted molar refractivity (Wildman–Crippen MR) is 125 cm³/mol. The second-order valence-corrected chi connectivity index (χ2v) is 9.51. The van der Waals surface area contributed by atoms with Gasteiger partial charge in [-0.25, -0.2) is 9.97 Å². The predicted octanol–water partition coefficient (Wildman–Crippen LogP) is 3.69. The minimum Gasteiger partial charge on any atom is -0.396 e. The number of carbonyl (C=O) groups is 2. The first-order valence-corrected chi connectivity index (χ1v) is 11.5. The molecule has 1 aliphatic carbocycles. The van der Waals surface area contributed by atoms with Crippen molar-refractivity contribution in [2.45, 2.75) is 45.1 Å². The number of amides is 1. The van der Waals surface area contributed by atoms with Gasteiger partial charge in [0.2, 0.25) is 11.5 Å². The number of anilines is 1. The molecule has 1 amide bonds. The van der Waals surface area contributed by atoms with Crippen molar-refractivity contribution in [3.63, 3.8) is 0 Å². The highest BCUT2D eigenvalue weighted by atomic mass is 79.9. The molecule has 1 aromatic carbocycles. The SMILES string of the molecule is CC(=C(CCO)SC(=O)C1(c2cccc(Br)c2)CC1)N(C=O)Cc1cnc(C)nc1N. The largest absolute Gasteiger partial charge is 0.396 e. The molecule has 2 aromatic rings. The van der Waals surface area contributed by atoms with E-state index < -0.39 is 5.41 Å². The Hall–Kier alpha value is -2.23. The van der Waals surface area contributed by atoms with Crippen LogP contribution in [-0.2, 0) is 21.5 Å². The van der Waals surface area contributed by atoms with E-state index in [2.05, 4.69) is 25.9 Å². The first-order chi connectivity index (χ1) is 14.8. The van der Waals surface area contributed by atoms with Gasteiger partial charge in [-0.05, 0) is 44.4 Å². The van der Waals surface area contributed by atoms with Crippen molar-refractivity contribution in [3.8, 4) is 0 Å². The number of aliphatic hydroxyl groups excluding tert-OH is 1. The molecule has 0 unspecified atom stereocenters. The third-order valence-electron chi connectivity index (χ3n) is 5.39. The summed E-state index contributed by atoms with van der Waals surface area (Å²) in [6.45, 7) is 3.56. The second-order valence-electron chi connectivity index (χ2n) is 7.53. The number of aliphatic hydroxyl groups is 1. The maximum Gasteiger partial charge on any atom is 0.214 e. The van der Waals surface area contributed by atoms with Crippen LogP contribution in [0.4, 0.5) is 5.82 Å². The third-order valence-corrected chi connectivity index (χ3v) is 7.21. The monoisotopic (exact) mass is 504 g/mol. The maximum absolute atomic E-state index is 13.3. The van der Waals surface area contributed by atoms with E-state index in [4.69, 9.17) is 5.73 Å². The molecule has 1 heterocycles. The molecule has 0 spiro atoms. The first kappa shape index (κ1) is 23.4. The Morgan fingerprint density at radius 1 is 1.42 bits per heavy atom. The van der Waals surface area contributed by atoms with E-state index >= 15 is 0 Å². The van der Waals surface area contributed by atoms with Crippen LogP contribution >= 0.6 is 27.7 Å². The summed E-state index contributed by atoms with van der Waals surface area (Å²) >= 11 is 4.58. The summed E-state index contributed by atoms with van der Waals surface area (Å²) in [6, 6.07) is 7.80. The fourth-order valence-corrected chi connectivity index (χ4v) is 4.95. The number of aryl methyl sites for hydroxylation is 1. The van der Waals surface area contributed by atoms with Crippen molar-refractivity contribution in [3.05, 3.63) is 62.5 Å². The number of nitrogens with two attached hydrogens (primary N) is 1. The zero-order valence-corrected chi connectivity index (χ0v) is 19.9. The molecular weight excluding hydrogens is 480 g/mol. The number of carbonyl (C=O) groups excluding carboxylic acids is 2. The van der Waals surface area contributed by atoms with Crippen molar-refractivity contribution in [2.24, 2.45) is 0 Å². The van der Waals surface area contributed by atoms with Crippen LogP contribution in [0.25, 0.3) is 0 Å². The van der Waals surface area contributed by atoms with E-state index in [1.807, 2.05) is 24.3 Å². The summed E-state index contributed by atoms with van der Waals surface area (Å²) in [4.78, 5) is 35.5. The minimum absolute atomic E-state index is 0.0254. The quantitative estimate of drug-likeness (QED) is 0.501. The highest BCUT2D eigenvalue weighted by Gasteiger charge is 2.51. The van der Waals surface area contributed by atoms with Crippen LogP contribution in [0, 0.1) is 6.92 Å². The molecule has 0 saturated heterocycles. The summed E-state index contributed by atoms with van der Waals surface area (Å²) in [5.41, 5.74) is 7.65. The first-order valence-electron chi connectivity index (χ1n) is 9.89. The summed E-state index contributed by atoms with van der Waals surface area (Å²) < 4.78 is 0.932. The van der Waals surface area contributed by atoms with E-state index in [9.17, 15) is 14.7 Å². The Labute approximate surface area is 194 Å². The molecule has 1 saturated carbocycles. The standard InChI is InChI=1S/C22H25BrN4O3S/c1-14(27(13-29)12-16-11-25-15(2)26-20(16)24)19(6-9-28)31-21(30)22(7-8-22)17-4-3-5-18(23)10-17/h3-5,10-11,13,28H,6-9,12H2,1-2H3,(H2,24,25,26). The normalized spacial score (nSPS) is 15.2. The molecule has 1 aliphatic rings. The second kappa shape index (κ2) is 9.93. The number of allylic oxidation sites excluding steroid dienone is 1. The Balaban J connectivity index is 1.84. The highest BCUT2D eigenvalue weighted by Crippen LogP contribution is 2.53. The number of halogens is 1. The molecule has 1 fully saturated rings. The van der Waals surface area contributed by atoms with Crippen LogP contribution in [0.15, 0.2) is 45.5 Å². The van der Waals surface area contributed by atoms with E-state index in [1.54, 1.807) is 20.0 Å². The van der Waals surface area contributed by atoms with Gasteiger partial charge in [0.05, 0.1) is 12.0 Å². The van der Waals surface area contributed by atoms with Crippen LogP contribution in [0.3, 0.4) is 0 Å². The molecule has 0 radical (unpaired) electrons. The van der Waals surface area contributed by atoms with Gasteiger partial charge >= 0.3 is 0 Å². The lowest BCUT2D eigenvalue weighted by Gasteiger charge is -2.23. The third kappa shape index (κ3) is 5.34. The van der Waals surface area contributed by atoms with Gasteiger partial charge in [-0.3, -0.25) is 9.59 Å². The molecule has 9 heteroatoms. The molecule has 1 aromatic heterocycles. The van der Waals surface area contributed by atoms with E-state index in [-0.39, 0.29) is 24.7 Å². The maximum atomic E-state index is 13.3. The van der Waals surface area contributed by atoms with Crippen LogP contribution in [-0.4, -0.2) is 38.1 Å². The van der Waals surface area contributed by atoms with Gasteiger partial charge in [-0.15, -0.1) is 0 Å². The number of hydrogen-bond acceptors (Lipinski definition) is 7. The smallest absolute Gasteiger partial charge is 0.214 e. The van der Waals surface area contributed by atoms with Gasteiger partial charge in [0.15, 0.2) is 0 Å². The lowest BCUT2D eigenvalue weighted by atomic mass is 9.98. The van der Waals surface area contributed by atoms with E-state index in [0.717, 1.165) is 34.6 Å². The number of hydrogen-bond donors (Lipinski definition) is 2. The van der Waals surface area contributed by atoms with Crippen molar-refractivity contribution in [1.82, 2.24) is 14.9 Å². The van der Waals surface area contributed by atoms with E-state index in [0.29, 0.717) is 34.2 Å². The molecule has 3 N–H and O–H groups in total. The molecule has 0 aliphatic heterocycles. The van der Waals surface area contributed by atoms with Gasteiger partial charge in [0.1, 0.15) is 11.6 Å². The van der Waals surface area contributed by atoms with Crippen LogP contribution in [0.5, 0.6) is 0 Å². The Morgan fingerprint density at radius 2 is 2.16 bits per heavy atom. The van der Waals surface area contributed by atoms with Gasteiger partial charge in [-0.1, -0.05) is 39.8 Å². The van der Waals surface area contributed by atoms with Crippen LogP contribution in [0.1, 0.15) is 43.1 Å². The molecule has 0 bridgehead atoms. The Kier molecular flexibility index (Phi) is 7.51. The number of nitrogens with zero attached hydrogens (tertiary/aromatic N) is 3. The van der Waals surface area contributed by atoms with Gasteiger partial charge < -0.3 is 15.7 Å². The zero-order valence-electron chi connectivity index (χ0n) is 17.5. The average Bonchev–Trinajstić information content (AvgIpc) is 3.55. The molecule has 0 atom stereocenters. The van der Waals surface area contributed by atoms with Crippen molar-refractivity contribution in [2.75, 3.05) is 12.3 Å². The Morgan fingerprint density at radius 3 is 2.74 bits per heavy atom. The number of aromatic nitrogens is 2. The van der Waals surface area contributed by atoms with Gasteiger partial charge in [0.25, 0.3) is 0 Å². The molecule has 7 nitrogen and oxygen atoms in total. The van der Waals surface area contributed by atoms with Crippen LogP contribution in [0.2, 0.25) is 0 Å². The summed E-state index contributed by atoms with van der Waals surface area (Å²) in [7, 11) is 0. The highest BCUT2D eigenvalue weighted by molar-refractivity contribution is 9.10. The lowest BCUT2D eigenvalue weighted by molar-refractivity contribution is -0.117. The van der Waals surface area contributed by atoms with Gasteiger partial charge in [-0.2, -0.15) is 0 Å². The summed E-state index contributed by atoms with van der Waals surface area (Å²) in [5.74, 6) is 0.863.